The predicted octanol–water partition coefficient (Wildman–Crippen LogP) is 3.39. The summed E-state index contributed by atoms with van der Waals surface area (Å²) >= 11 is 0. The van der Waals surface area contributed by atoms with Gasteiger partial charge in [0.1, 0.15) is 0 Å². The smallest absolute Gasteiger partial charge is 0.400 e. The zero-order valence-corrected chi connectivity index (χ0v) is 16.0. The zero-order valence-electron chi connectivity index (χ0n) is 16.0. The van der Waals surface area contributed by atoms with Crippen molar-refractivity contribution in [1.29, 1.82) is 0 Å². The summed E-state index contributed by atoms with van der Waals surface area (Å²) in [5, 5.41) is 3.93. The second-order valence-electron chi connectivity index (χ2n) is 7.65. The van der Waals surface area contributed by atoms with E-state index in [4.69, 9.17) is 9.31 Å². The van der Waals surface area contributed by atoms with Gasteiger partial charge in [0.25, 0.3) is 0 Å². The molecule has 2 heterocycles. The summed E-state index contributed by atoms with van der Waals surface area (Å²) in [6.45, 7) is 9.89. The van der Waals surface area contributed by atoms with Gasteiger partial charge in [0.2, 0.25) is 5.91 Å². The molecule has 1 N–H and O–H groups in total. The van der Waals surface area contributed by atoms with E-state index in [9.17, 15) is 4.79 Å². The number of fused-ring (bicyclic) bond motifs is 1. The maximum Gasteiger partial charge on any atom is 0.492 e. The molecule has 0 bridgehead atoms. The minimum absolute atomic E-state index is 0.0983. The number of benzene rings is 1. The van der Waals surface area contributed by atoms with Gasteiger partial charge < -0.3 is 14.6 Å². The van der Waals surface area contributed by atoms with Gasteiger partial charge in [0.05, 0.1) is 22.4 Å². The molecule has 0 saturated carbocycles. The van der Waals surface area contributed by atoms with E-state index in [-0.39, 0.29) is 5.91 Å². The highest BCUT2D eigenvalue weighted by Crippen LogP contribution is 2.38. The fraction of sp³-hybridized carbons (Fsp3) is 0.400. The molecule has 2 aromatic rings. The fourth-order valence-corrected chi connectivity index (χ4v) is 2.78. The lowest BCUT2D eigenvalue weighted by Crippen LogP contribution is -2.41. The van der Waals surface area contributed by atoms with E-state index >= 15 is 0 Å². The molecule has 0 atom stereocenters. The van der Waals surface area contributed by atoms with E-state index in [1.54, 1.807) is 0 Å². The molecule has 1 aromatic carbocycles. The van der Waals surface area contributed by atoms with Crippen LogP contribution < -0.4 is 5.32 Å². The Hall–Kier alpha value is -2.18. The third-order valence-electron chi connectivity index (χ3n) is 5.05. The molecule has 6 heteroatoms. The van der Waals surface area contributed by atoms with Crippen LogP contribution in [0.5, 0.6) is 0 Å². The van der Waals surface area contributed by atoms with Crippen molar-refractivity contribution >= 4 is 30.0 Å². The predicted molar refractivity (Wildman–Crippen MR) is 104 cm³/mol. The van der Waals surface area contributed by atoms with Crippen LogP contribution in [-0.4, -0.2) is 35.8 Å². The first-order valence-corrected chi connectivity index (χ1v) is 8.84. The Kier molecular flexibility index (Phi) is 4.91. The van der Waals surface area contributed by atoms with Crippen molar-refractivity contribution in [3.63, 3.8) is 0 Å². The molecular formula is C20H25BN2O3. The lowest BCUT2D eigenvalue weighted by Gasteiger charge is -2.32. The summed E-state index contributed by atoms with van der Waals surface area (Å²) in [7, 11) is -0.528. The van der Waals surface area contributed by atoms with Crippen LogP contribution in [0.2, 0.25) is 0 Å². The quantitative estimate of drug-likeness (QED) is 0.857. The van der Waals surface area contributed by atoms with Crippen LogP contribution in [0.4, 0.5) is 0 Å². The summed E-state index contributed by atoms with van der Waals surface area (Å²) < 4.78 is 12.3. The van der Waals surface area contributed by atoms with E-state index in [0.717, 1.165) is 22.1 Å². The highest BCUT2D eigenvalue weighted by atomic mass is 16.7. The van der Waals surface area contributed by atoms with E-state index in [1.807, 2.05) is 70.2 Å². The Labute approximate surface area is 154 Å². The molecule has 1 aliphatic rings. The first-order valence-electron chi connectivity index (χ1n) is 8.84. The molecule has 5 nitrogen and oxygen atoms in total. The van der Waals surface area contributed by atoms with E-state index in [1.165, 1.54) is 6.92 Å². The Morgan fingerprint density at radius 3 is 2.42 bits per heavy atom. The number of rotatable bonds is 4. The first-order chi connectivity index (χ1) is 12.2. The van der Waals surface area contributed by atoms with Crippen LogP contribution in [0.1, 0.15) is 40.3 Å². The Morgan fingerprint density at radius 1 is 1.12 bits per heavy atom. The third-order valence-corrected chi connectivity index (χ3v) is 5.05. The molecule has 1 saturated heterocycles. The molecule has 0 unspecified atom stereocenters. The summed E-state index contributed by atoms with van der Waals surface area (Å²) in [5.74, 6) is -0.0983. The Morgan fingerprint density at radius 2 is 1.77 bits per heavy atom. The van der Waals surface area contributed by atoms with Crippen molar-refractivity contribution < 1.29 is 14.1 Å². The molecule has 26 heavy (non-hydrogen) atoms. The number of aromatic nitrogens is 1. The normalized spacial score (nSPS) is 19.0. The van der Waals surface area contributed by atoms with Gasteiger partial charge in [-0.15, -0.1) is 0 Å². The second kappa shape index (κ2) is 6.85. The molecule has 0 radical (unpaired) electrons. The highest BCUT2D eigenvalue weighted by molar-refractivity contribution is 6.56. The molecule has 136 valence electrons. The molecule has 0 aliphatic carbocycles. The second-order valence-corrected chi connectivity index (χ2v) is 7.65. The van der Waals surface area contributed by atoms with Crippen molar-refractivity contribution in [2.24, 2.45) is 0 Å². The number of amides is 1. The number of para-hydroxylation sites is 1. The number of hydrogen-bond acceptors (Lipinski definition) is 4. The van der Waals surface area contributed by atoms with Crippen LogP contribution in [0.25, 0.3) is 17.0 Å². The number of pyridine rings is 1. The first kappa shape index (κ1) is 18.6. The summed E-state index contributed by atoms with van der Waals surface area (Å²) in [6, 6.07) is 12.0. The maximum atomic E-state index is 11.4. The Balaban J connectivity index is 1.94. The van der Waals surface area contributed by atoms with Gasteiger partial charge >= 0.3 is 7.12 Å². The maximum absolute atomic E-state index is 11.4. The van der Waals surface area contributed by atoms with Crippen molar-refractivity contribution in [3.05, 3.63) is 47.6 Å². The summed E-state index contributed by atoms with van der Waals surface area (Å²) in [6.07, 6.45) is 1.94. The largest absolute Gasteiger partial charge is 0.492 e. The average molecular weight is 352 g/mol. The molecular weight excluding hydrogens is 327 g/mol. The van der Waals surface area contributed by atoms with Crippen molar-refractivity contribution in [2.45, 2.75) is 45.8 Å². The van der Waals surface area contributed by atoms with E-state index in [2.05, 4.69) is 10.3 Å². The molecule has 0 spiro atoms. The molecule has 1 amide bonds. The highest BCUT2D eigenvalue weighted by Gasteiger charge is 2.52. The molecule has 1 aromatic heterocycles. The van der Waals surface area contributed by atoms with Gasteiger partial charge in [-0.3, -0.25) is 4.79 Å². The molecule has 1 aliphatic heterocycles. The number of carbonyl (C=O) groups is 1. The minimum Gasteiger partial charge on any atom is -0.400 e. The lowest BCUT2D eigenvalue weighted by molar-refractivity contribution is -0.118. The SMILES string of the molecule is CC(=O)NCC(=Cc1ccc2ccccc2n1)B1OC(C)(C)C(C)(C)O1. The topological polar surface area (TPSA) is 60.5 Å². The summed E-state index contributed by atoms with van der Waals surface area (Å²) in [4.78, 5) is 16.1. The van der Waals surface area contributed by atoms with Crippen LogP contribution in [0, 0.1) is 0 Å². The van der Waals surface area contributed by atoms with Gasteiger partial charge in [-0.05, 0) is 51.4 Å². The third kappa shape index (κ3) is 3.81. The number of hydrogen-bond donors (Lipinski definition) is 1. The van der Waals surface area contributed by atoms with Crippen LogP contribution in [-0.2, 0) is 14.1 Å². The monoisotopic (exact) mass is 352 g/mol. The number of nitrogens with zero attached hydrogens (tertiary/aromatic N) is 1. The van der Waals surface area contributed by atoms with Gasteiger partial charge in [-0.1, -0.05) is 24.3 Å². The van der Waals surface area contributed by atoms with Gasteiger partial charge in [-0.2, -0.15) is 0 Å². The van der Waals surface area contributed by atoms with Gasteiger partial charge in [-0.25, -0.2) is 4.98 Å². The zero-order chi connectivity index (χ0) is 18.9. The lowest BCUT2D eigenvalue weighted by atomic mass is 9.77. The average Bonchev–Trinajstić information content (AvgIpc) is 2.79. The van der Waals surface area contributed by atoms with Crippen molar-refractivity contribution in [2.75, 3.05) is 6.54 Å². The number of carbonyl (C=O) groups excluding carboxylic acids is 1. The van der Waals surface area contributed by atoms with E-state index in [0.29, 0.717) is 6.54 Å². The van der Waals surface area contributed by atoms with Crippen LogP contribution in [0.3, 0.4) is 0 Å². The van der Waals surface area contributed by atoms with Crippen LogP contribution >= 0.6 is 0 Å². The molecule has 3 rings (SSSR count). The van der Waals surface area contributed by atoms with E-state index < -0.39 is 18.3 Å². The van der Waals surface area contributed by atoms with Gasteiger partial charge in [0, 0.05) is 18.9 Å². The number of nitrogens with one attached hydrogen (secondary N) is 1. The molecule has 1 fully saturated rings. The van der Waals surface area contributed by atoms with Crippen molar-refractivity contribution in [3.8, 4) is 0 Å². The standard InChI is InChI=1S/C20H25BN2O3/c1-14(24)22-13-16(21-25-19(2,3)20(4,5)26-21)12-17-11-10-15-8-6-7-9-18(15)23-17/h6-12H,13H2,1-5H3,(H,22,24). The summed E-state index contributed by atoms with van der Waals surface area (Å²) in [5.41, 5.74) is 1.68. The van der Waals surface area contributed by atoms with Crippen molar-refractivity contribution in [1.82, 2.24) is 10.3 Å². The van der Waals surface area contributed by atoms with Crippen LogP contribution in [0.15, 0.2) is 41.9 Å². The minimum atomic E-state index is -0.528. The fourth-order valence-electron chi connectivity index (χ4n) is 2.78. The Bertz CT molecular complexity index is 845. The van der Waals surface area contributed by atoms with Gasteiger partial charge in [0.15, 0.2) is 0 Å².